The van der Waals surface area contributed by atoms with Crippen LogP contribution in [0, 0.1) is 17.1 Å². The van der Waals surface area contributed by atoms with Crippen LogP contribution in [0.5, 0.6) is 0 Å². The molecule has 2 aromatic heterocycles. The topological polar surface area (TPSA) is 54.5 Å². The van der Waals surface area contributed by atoms with Crippen LogP contribution in [-0.4, -0.2) is 14.8 Å². The molecule has 0 fully saturated rings. The fourth-order valence-electron chi connectivity index (χ4n) is 3.04. The summed E-state index contributed by atoms with van der Waals surface area (Å²) in [5.41, 5.74) is 3.21. The van der Waals surface area contributed by atoms with Crippen LogP contribution < -0.4 is 0 Å². The van der Waals surface area contributed by atoms with Gasteiger partial charge in [-0.1, -0.05) is 18.2 Å². The van der Waals surface area contributed by atoms with Crippen molar-refractivity contribution < 1.29 is 13.2 Å². The minimum atomic E-state index is -2.89. The molecular weight excluding hydrogens is 365 g/mol. The Morgan fingerprint density at radius 1 is 1.04 bits per heavy atom. The molecule has 4 rings (SSSR count). The molecule has 138 valence electrons. The van der Waals surface area contributed by atoms with Gasteiger partial charge in [-0.25, -0.2) is 13.2 Å². The number of hydrogen-bond donors (Lipinski definition) is 0. The second-order valence-corrected chi connectivity index (χ2v) is 6.28. The van der Waals surface area contributed by atoms with Crippen LogP contribution in [0.4, 0.5) is 13.2 Å². The molecule has 0 aliphatic heterocycles. The summed E-state index contributed by atoms with van der Waals surface area (Å²) in [7, 11) is 0. The summed E-state index contributed by atoms with van der Waals surface area (Å²) in [6, 6.07) is 14.7. The second kappa shape index (κ2) is 7.16. The molecule has 0 aliphatic rings. The number of halogens is 3. The molecule has 0 atom stereocenters. The lowest BCUT2D eigenvalue weighted by Gasteiger charge is -2.08. The van der Waals surface area contributed by atoms with E-state index in [4.69, 9.17) is 5.26 Å². The number of aromatic nitrogens is 3. The van der Waals surface area contributed by atoms with Gasteiger partial charge >= 0.3 is 0 Å². The molecule has 0 saturated heterocycles. The standard InChI is InChI=1S/C21H13F3N4/c22-18-5-4-15(7-17(18)21(23)24)16-8-20-19(26-10-16)11-27-28(20)12-14-3-1-2-13(6-14)9-25/h1-8,10-11,21H,12H2. The van der Waals surface area contributed by atoms with Gasteiger partial charge in [0.15, 0.2) is 0 Å². The van der Waals surface area contributed by atoms with Crippen molar-refractivity contribution in [2.75, 3.05) is 0 Å². The number of benzene rings is 2. The number of nitriles is 1. The normalized spacial score (nSPS) is 11.1. The molecule has 2 aromatic carbocycles. The van der Waals surface area contributed by atoms with Crippen molar-refractivity contribution in [1.29, 1.82) is 5.26 Å². The minimum absolute atomic E-state index is 0.426. The molecule has 0 N–H and O–H groups in total. The second-order valence-electron chi connectivity index (χ2n) is 6.28. The van der Waals surface area contributed by atoms with Crippen LogP contribution in [0.2, 0.25) is 0 Å². The Bertz CT molecular complexity index is 1210. The zero-order chi connectivity index (χ0) is 19.7. The number of nitrogens with zero attached hydrogens (tertiary/aromatic N) is 4. The van der Waals surface area contributed by atoms with E-state index in [1.165, 1.54) is 6.07 Å². The van der Waals surface area contributed by atoms with Crippen LogP contribution in [0.15, 0.2) is 60.9 Å². The lowest BCUT2D eigenvalue weighted by molar-refractivity contribution is 0.146. The van der Waals surface area contributed by atoms with Gasteiger partial charge in [-0.2, -0.15) is 10.4 Å². The van der Waals surface area contributed by atoms with Crippen molar-refractivity contribution in [3.05, 3.63) is 83.4 Å². The maximum Gasteiger partial charge on any atom is 0.266 e. The molecular formula is C21H13F3N4. The van der Waals surface area contributed by atoms with E-state index in [1.54, 1.807) is 41.3 Å². The van der Waals surface area contributed by atoms with E-state index in [1.807, 2.05) is 6.07 Å². The Morgan fingerprint density at radius 2 is 1.89 bits per heavy atom. The van der Waals surface area contributed by atoms with Crippen molar-refractivity contribution >= 4 is 11.0 Å². The van der Waals surface area contributed by atoms with E-state index in [0.29, 0.717) is 34.3 Å². The molecule has 0 saturated carbocycles. The number of rotatable bonds is 4. The minimum Gasteiger partial charge on any atom is -0.259 e. The van der Waals surface area contributed by atoms with Crippen LogP contribution in [0.25, 0.3) is 22.2 Å². The first-order valence-corrected chi connectivity index (χ1v) is 8.44. The summed E-state index contributed by atoms with van der Waals surface area (Å²) in [5.74, 6) is -0.935. The molecule has 0 aliphatic carbocycles. The van der Waals surface area contributed by atoms with Gasteiger partial charge in [-0.15, -0.1) is 0 Å². The summed E-state index contributed by atoms with van der Waals surface area (Å²) in [6.45, 7) is 0.426. The van der Waals surface area contributed by atoms with Crippen LogP contribution in [0.1, 0.15) is 23.1 Å². The molecule has 4 nitrogen and oxygen atoms in total. The van der Waals surface area contributed by atoms with Crippen molar-refractivity contribution in [2.24, 2.45) is 0 Å². The molecule has 0 radical (unpaired) electrons. The zero-order valence-corrected chi connectivity index (χ0v) is 14.5. The van der Waals surface area contributed by atoms with Crippen molar-refractivity contribution in [1.82, 2.24) is 14.8 Å². The highest BCUT2D eigenvalue weighted by atomic mass is 19.3. The quantitative estimate of drug-likeness (QED) is 0.497. The van der Waals surface area contributed by atoms with Gasteiger partial charge in [0.05, 0.1) is 35.5 Å². The third kappa shape index (κ3) is 3.32. The fraction of sp³-hybridized carbons (Fsp3) is 0.0952. The Balaban J connectivity index is 1.74. The SMILES string of the molecule is N#Cc1cccc(Cn2ncc3ncc(-c4ccc(F)c(C(F)F)c4)cc32)c1. The van der Waals surface area contributed by atoms with Crippen LogP contribution in [0.3, 0.4) is 0 Å². The third-order valence-corrected chi connectivity index (χ3v) is 4.45. The fourth-order valence-corrected chi connectivity index (χ4v) is 3.04. The summed E-state index contributed by atoms with van der Waals surface area (Å²) in [5, 5.41) is 13.4. The highest BCUT2D eigenvalue weighted by Crippen LogP contribution is 2.29. The summed E-state index contributed by atoms with van der Waals surface area (Å²) in [4.78, 5) is 4.33. The first kappa shape index (κ1) is 17.7. The first-order valence-electron chi connectivity index (χ1n) is 8.44. The Hall–Kier alpha value is -3.66. The molecule has 4 aromatic rings. The zero-order valence-electron chi connectivity index (χ0n) is 14.5. The average molecular weight is 378 g/mol. The van der Waals surface area contributed by atoms with E-state index in [9.17, 15) is 13.2 Å². The van der Waals surface area contributed by atoms with E-state index in [-0.39, 0.29) is 0 Å². The highest BCUT2D eigenvalue weighted by molar-refractivity contribution is 5.80. The molecule has 0 amide bonds. The number of fused-ring (bicyclic) bond motifs is 1. The maximum atomic E-state index is 13.6. The average Bonchev–Trinajstić information content (AvgIpc) is 3.10. The molecule has 28 heavy (non-hydrogen) atoms. The predicted molar refractivity (Wildman–Crippen MR) is 98.1 cm³/mol. The third-order valence-electron chi connectivity index (χ3n) is 4.45. The van der Waals surface area contributed by atoms with Crippen molar-refractivity contribution in [2.45, 2.75) is 13.0 Å². The lowest BCUT2D eigenvalue weighted by Crippen LogP contribution is -2.02. The molecule has 0 spiro atoms. The smallest absolute Gasteiger partial charge is 0.259 e. The molecule has 0 unspecified atom stereocenters. The van der Waals surface area contributed by atoms with Gasteiger partial charge in [0.25, 0.3) is 6.43 Å². The van der Waals surface area contributed by atoms with Gasteiger partial charge < -0.3 is 0 Å². The van der Waals surface area contributed by atoms with Crippen LogP contribution >= 0.6 is 0 Å². The summed E-state index contributed by atoms with van der Waals surface area (Å²) >= 11 is 0. The van der Waals surface area contributed by atoms with E-state index >= 15 is 0 Å². The van der Waals surface area contributed by atoms with Crippen molar-refractivity contribution in [3.63, 3.8) is 0 Å². The maximum absolute atomic E-state index is 13.6. The van der Waals surface area contributed by atoms with Gasteiger partial charge in [0.2, 0.25) is 0 Å². The monoisotopic (exact) mass is 378 g/mol. The molecule has 7 heteroatoms. The number of alkyl halides is 2. The molecule has 2 heterocycles. The van der Waals surface area contributed by atoms with Gasteiger partial charge in [-0.05, 0) is 41.5 Å². The molecule has 0 bridgehead atoms. The summed E-state index contributed by atoms with van der Waals surface area (Å²) < 4.78 is 41.3. The van der Waals surface area contributed by atoms with Crippen molar-refractivity contribution in [3.8, 4) is 17.2 Å². The first-order chi connectivity index (χ1) is 13.5. The largest absolute Gasteiger partial charge is 0.266 e. The van der Waals surface area contributed by atoms with E-state index in [0.717, 1.165) is 17.7 Å². The Kier molecular flexibility index (Phi) is 4.53. The Labute approximate surface area is 158 Å². The van der Waals surface area contributed by atoms with Gasteiger partial charge in [0.1, 0.15) is 11.3 Å². The predicted octanol–water partition coefficient (Wildman–Crippen LogP) is 5.09. The van der Waals surface area contributed by atoms with Gasteiger partial charge in [0, 0.05) is 11.8 Å². The number of pyridine rings is 1. The van der Waals surface area contributed by atoms with E-state index in [2.05, 4.69) is 16.2 Å². The highest BCUT2D eigenvalue weighted by Gasteiger charge is 2.15. The van der Waals surface area contributed by atoms with E-state index < -0.39 is 17.8 Å². The lowest BCUT2D eigenvalue weighted by atomic mass is 10.0. The summed E-state index contributed by atoms with van der Waals surface area (Å²) in [6.07, 6.45) is 0.268. The van der Waals surface area contributed by atoms with Crippen LogP contribution in [-0.2, 0) is 6.54 Å². The Morgan fingerprint density at radius 3 is 2.68 bits per heavy atom. The van der Waals surface area contributed by atoms with Gasteiger partial charge in [-0.3, -0.25) is 9.67 Å². The number of hydrogen-bond acceptors (Lipinski definition) is 3.